The molecule has 1 aromatic heterocycles. The molecule has 0 aliphatic carbocycles. The number of halogens is 4. The Morgan fingerprint density at radius 1 is 0.969 bits per heavy atom. The largest absolute Gasteiger partial charge is 0.492 e. The number of hydrogen-bond acceptors (Lipinski definition) is 5. The van der Waals surface area contributed by atoms with Gasteiger partial charge in [-0.3, -0.25) is 14.2 Å². The van der Waals surface area contributed by atoms with Crippen molar-refractivity contribution < 1.29 is 27.1 Å². The van der Waals surface area contributed by atoms with Gasteiger partial charge in [-0.15, -0.1) is 0 Å². The maximum Gasteiger partial charge on any atom is 0.256 e. The summed E-state index contributed by atoms with van der Waals surface area (Å²) in [7, 11) is 3.60. The molecule has 168 valence electrons. The topological polar surface area (TPSA) is 77.6 Å². The van der Waals surface area contributed by atoms with Gasteiger partial charge in [0.1, 0.15) is 35.5 Å². The number of aromatic nitrogens is 1. The van der Waals surface area contributed by atoms with Crippen LogP contribution in [-0.4, -0.2) is 42.5 Å². The lowest BCUT2D eigenvalue weighted by molar-refractivity contribution is 0.103. The number of nitrogens with two attached hydrogens (primary N) is 1. The molecule has 0 fully saturated rings. The number of benzene rings is 2. The molecule has 0 aliphatic rings. The Hall–Kier alpha value is -3.66. The van der Waals surface area contributed by atoms with E-state index in [2.05, 4.69) is 0 Å². The number of anilines is 1. The number of nitrogen functional groups attached to an aromatic ring is 1. The van der Waals surface area contributed by atoms with Crippen LogP contribution in [0.3, 0.4) is 0 Å². The zero-order valence-electron chi connectivity index (χ0n) is 17.2. The van der Waals surface area contributed by atoms with E-state index < -0.39 is 51.7 Å². The van der Waals surface area contributed by atoms with E-state index in [0.717, 1.165) is 36.4 Å². The maximum absolute atomic E-state index is 14.8. The monoisotopic (exact) mass is 449 g/mol. The molecule has 2 aromatic carbocycles. The fraction of sp³-hybridized carbons (Fsp3) is 0.182. The van der Waals surface area contributed by atoms with E-state index in [1.165, 1.54) is 0 Å². The third-order valence-corrected chi connectivity index (χ3v) is 4.57. The van der Waals surface area contributed by atoms with Crippen LogP contribution in [0.15, 0.2) is 47.3 Å². The van der Waals surface area contributed by atoms with E-state index in [9.17, 15) is 27.2 Å². The molecule has 0 bridgehead atoms. The smallest absolute Gasteiger partial charge is 0.256 e. The fourth-order valence-electron chi connectivity index (χ4n) is 2.98. The van der Waals surface area contributed by atoms with Gasteiger partial charge in [-0.2, -0.15) is 0 Å². The average molecular weight is 449 g/mol. The summed E-state index contributed by atoms with van der Waals surface area (Å²) >= 11 is 0. The van der Waals surface area contributed by atoms with Crippen molar-refractivity contribution >= 4 is 11.6 Å². The number of pyridine rings is 1. The van der Waals surface area contributed by atoms with Crippen molar-refractivity contribution in [1.29, 1.82) is 0 Å². The summed E-state index contributed by atoms with van der Waals surface area (Å²) < 4.78 is 62.5. The SMILES string of the molecule is CN(C)CCOc1cc(F)c(-n2c(N)c(C(=O)c3ccc(F)cc3F)ccc2=O)c(F)c1. The van der Waals surface area contributed by atoms with Crippen molar-refractivity contribution in [1.82, 2.24) is 9.47 Å². The minimum Gasteiger partial charge on any atom is -0.492 e. The molecular formula is C22H19F4N3O3. The quantitative estimate of drug-likeness (QED) is 0.443. The first kappa shape index (κ1) is 23.0. The molecule has 0 saturated carbocycles. The summed E-state index contributed by atoms with van der Waals surface area (Å²) in [6.07, 6.45) is 0. The highest BCUT2D eigenvalue weighted by Crippen LogP contribution is 2.27. The van der Waals surface area contributed by atoms with Crippen molar-refractivity contribution in [2.75, 3.05) is 33.0 Å². The van der Waals surface area contributed by atoms with Crippen LogP contribution in [0.5, 0.6) is 5.75 Å². The van der Waals surface area contributed by atoms with Gasteiger partial charge >= 0.3 is 0 Å². The highest BCUT2D eigenvalue weighted by molar-refractivity contribution is 6.11. The van der Waals surface area contributed by atoms with Crippen LogP contribution in [-0.2, 0) is 0 Å². The van der Waals surface area contributed by atoms with Crippen LogP contribution in [0.25, 0.3) is 5.69 Å². The number of hydrogen-bond donors (Lipinski definition) is 1. The summed E-state index contributed by atoms with van der Waals surface area (Å²) in [6.45, 7) is 0.669. The fourth-order valence-corrected chi connectivity index (χ4v) is 2.98. The predicted molar refractivity (Wildman–Crippen MR) is 110 cm³/mol. The molecule has 32 heavy (non-hydrogen) atoms. The summed E-state index contributed by atoms with van der Waals surface area (Å²) in [5.74, 6) is -6.05. The first-order valence-corrected chi connectivity index (χ1v) is 9.38. The molecule has 1 heterocycles. The Bertz CT molecular complexity index is 1220. The molecular weight excluding hydrogens is 430 g/mol. The second-order valence-corrected chi connectivity index (χ2v) is 7.15. The van der Waals surface area contributed by atoms with Crippen LogP contribution < -0.4 is 16.0 Å². The zero-order valence-corrected chi connectivity index (χ0v) is 17.2. The highest BCUT2D eigenvalue weighted by atomic mass is 19.1. The Balaban J connectivity index is 2.06. The average Bonchev–Trinajstić information content (AvgIpc) is 2.69. The summed E-state index contributed by atoms with van der Waals surface area (Å²) in [6, 6.07) is 5.93. The second kappa shape index (κ2) is 9.23. The van der Waals surface area contributed by atoms with Crippen molar-refractivity contribution in [3.05, 3.63) is 87.2 Å². The third kappa shape index (κ3) is 4.65. The standard InChI is InChI=1S/C22H19F4N3O3/c1-28(2)7-8-32-13-10-17(25)20(18(26)11-13)29-19(30)6-5-15(22(29)27)21(31)14-4-3-12(23)9-16(14)24/h3-6,9-11H,7-8,27H2,1-2H3. The molecule has 0 amide bonds. The molecule has 0 saturated heterocycles. The Morgan fingerprint density at radius 3 is 2.19 bits per heavy atom. The lowest BCUT2D eigenvalue weighted by atomic mass is 10.0. The van der Waals surface area contributed by atoms with Crippen LogP contribution >= 0.6 is 0 Å². The number of carbonyl (C=O) groups excluding carboxylic acids is 1. The normalized spacial score (nSPS) is 11.1. The van der Waals surface area contributed by atoms with Crippen molar-refractivity contribution in [2.45, 2.75) is 0 Å². The van der Waals surface area contributed by atoms with E-state index in [-0.39, 0.29) is 17.9 Å². The number of rotatable bonds is 7. The number of carbonyl (C=O) groups is 1. The molecule has 3 rings (SSSR count). The number of nitrogens with zero attached hydrogens (tertiary/aromatic N) is 2. The van der Waals surface area contributed by atoms with Gasteiger partial charge in [0.2, 0.25) is 0 Å². The summed E-state index contributed by atoms with van der Waals surface area (Å²) in [4.78, 5) is 26.9. The van der Waals surface area contributed by atoms with Gasteiger partial charge in [-0.1, -0.05) is 0 Å². The Labute approximate surface area is 180 Å². The second-order valence-electron chi connectivity index (χ2n) is 7.15. The van der Waals surface area contributed by atoms with Gasteiger partial charge in [0, 0.05) is 30.8 Å². The number of likely N-dealkylation sites (N-methyl/N-ethyl adjacent to an activating group) is 1. The van der Waals surface area contributed by atoms with Gasteiger partial charge in [0.05, 0.1) is 11.1 Å². The minimum atomic E-state index is -1.16. The molecule has 0 unspecified atom stereocenters. The lowest BCUT2D eigenvalue weighted by Gasteiger charge is -2.16. The summed E-state index contributed by atoms with van der Waals surface area (Å²) in [5, 5.41) is 0. The molecule has 0 aliphatic heterocycles. The van der Waals surface area contributed by atoms with Crippen LogP contribution in [0, 0.1) is 23.3 Å². The molecule has 0 spiro atoms. The molecule has 6 nitrogen and oxygen atoms in total. The maximum atomic E-state index is 14.8. The molecule has 2 N–H and O–H groups in total. The van der Waals surface area contributed by atoms with Crippen LogP contribution in [0.2, 0.25) is 0 Å². The predicted octanol–water partition coefficient (Wildman–Crippen LogP) is 3.15. The van der Waals surface area contributed by atoms with Gasteiger partial charge in [-0.25, -0.2) is 17.6 Å². The van der Waals surface area contributed by atoms with E-state index in [1.807, 2.05) is 4.90 Å². The van der Waals surface area contributed by atoms with Gasteiger partial charge in [0.15, 0.2) is 17.4 Å². The lowest BCUT2D eigenvalue weighted by Crippen LogP contribution is -2.25. The van der Waals surface area contributed by atoms with Gasteiger partial charge in [0.25, 0.3) is 5.56 Å². The molecule has 3 aromatic rings. The summed E-state index contributed by atoms with van der Waals surface area (Å²) in [5.41, 5.74) is 3.25. The van der Waals surface area contributed by atoms with Crippen LogP contribution in [0.4, 0.5) is 23.4 Å². The van der Waals surface area contributed by atoms with Gasteiger partial charge in [-0.05, 0) is 32.3 Å². The molecule has 0 radical (unpaired) electrons. The Morgan fingerprint density at radius 2 is 1.59 bits per heavy atom. The van der Waals surface area contributed by atoms with Crippen molar-refractivity contribution in [3.8, 4) is 11.4 Å². The van der Waals surface area contributed by atoms with Crippen molar-refractivity contribution in [2.24, 2.45) is 0 Å². The highest BCUT2D eigenvalue weighted by Gasteiger charge is 2.23. The molecule has 10 heteroatoms. The van der Waals surface area contributed by atoms with Gasteiger partial charge < -0.3 is 15.4 Å². The first-order chi connectivity index (χ1) is 15.1. The minimum absolute atomic E-state index is 0.0992. The number of ether oxygens (including phenoxy) is 1. The number of ketones is 1. The van der Waals surface area contributed by atoms with E-state index >= 15 is 0 Å². The third-order valence-electron chi connectivity index (χ3n) is 4.57. The van der Waals surface area contributed by atoms with Crippen LogP contribution in [0.1, 0.15) is 15.9 Å². The van der Waals surface area contributed by atoms with E-state index in [1.54, 1.807) is 14.1 Å². The van der Waals surface area contributed by atoms with E-state index in [0.29, 0.717) is 17.2 Å². The van der Waals surface area contributed by atoms with E-state index in [4.69, 9.17) is 10.5 Å². The van der Waals surface area contributed by atoms with Crippen molar-refractivity contribution in [3.63, 3.8) is 0 Å². The first-order valence-electron chi connectivity index (χ1n) is 9.38. The Kier molecular flexibility index (Phi) is 6.64. The molecule has 0 atom stereocenters. The zero-order chi connectivity index (χ0) is 23.6.